The molecule has 1 aromatic heterocycles. The summed E-state index contributed by atoms with van der Waals surface area (Å²) < 4.78 is 11.9. The van der Waals surface area contributed by atoms with Crippen molar-refractivity contribution in [2.24, 2.45) is 0 Å². The molecular weight excluding hydrogens is 440 g/mol. The van der Waals surface area contributed by atoms with E-state index in [1.165, 1.54) is 0 Å². The lowest BCUT2D eigenvalue weighted by Gasteiger charge is -2.31. The second kappa shape index (κ2) is 10.7. The number of hydrogen-bond acceptors (Lipinski definition) is 7. The summed E-state index contributed by atoms with van der Waals surface area (Å²) >= 11 is 6.48. The average molecular weight is 473 g/mol. The van der Waals surface area contributed by atoms with Gasteiger partial charge in [-0.2, -0.15) is 4.98 Å². The van der Waals surface area contributed by atoms with Crippen LogP contribution in [0.5, 0.6) is 5.75 Å². The number of benzene rings is 1. The molecule has 2 aromatic rings. The Labute approximate surface area is 201 Å². The molecule has 0 amide bonds. The van der Waals surface area contributed by atoms with Crippen LogP contribution in [0.3, 0.4) is 0 Å². The monoisotopic (exact) mass is 472 g/mol. The second-order valence-corrected chi connectivity index (χ2v) is 9.58. The Morgan fingerprint density at radius 1 is 1.33 bits per heavy atom. The van der Waals surface area contributed by atoms with Crippen molar-refractivity contribution in [1.29, 1.82) is 0 Å². The molecule has 3 heterocycles. The number of carbonyl (C=O) groups is 1. The highest BCUT2D eigenvalue weighted by Crippen LogP contribution is 2.30. The Bertz CT molecular complexity index is 949. The fraction of sp³-hybridized carbons (Fsp3) is 0.560. The van der Waals surface area contributed by atoms with Crippen molar-refractivity contribution >= 4 is 29.2 Å². The smallest absolute Gasteiger partial charge is 0.227 e. The predicted molar refractivity (Wildman–Crippen MR) is 131 cm³/mol. The first kappa shape index (κ1) is 23.8. The summed E-state index contributed by atoms with van der Waals surface area (Å²) in [5.41, 5.74) is 1.15. The third-order valence-electron chi connectivity index (χ3n) is 6.50. The maximum absolute atomic E-state index is 11.4. The number of ketones is 1. The minimum absolute atomic E-state index is 0.0597. The summed E-state index contributed by atoms with van der Waals surface area (Å²) in [6, 6.07) is 8.36. The second-order valence-electron chi connectivity index (χ2n) is 9.17. The molecule has 0 bridgehead atoms. The number of likely N-dealkylation sites (N-methyl/N-ethyl adjacent to an activating group) is 1. The summed E-state index contributed by atoms with van der Waals surface area (Å²) in [5.74, 6) is 2.69. The van der Waals surface area contributed by atoms with E-state index in [-0.39, 0.29) is 23.8 Å². The lowest BCUT2D eigenvalue weighted by molar-refractivity contribution is -0.117. The molecule has 3 atom stereocenters. The standard InChI is InChI=1S/C25H33ClN4O3/c1-17(13-18(2)31)19-6-8-21(9-7-19)33-22-10-11-30(15-22)24-23(26)14-27-25(28-24)29(3)20-5-4-12-32-16-20/h6-9,14,17,20,22H,4-5,10-13,15-16H2,1-3H3/t17-,20?,22-/m1/s1. The van der Waals surface area contributed by atoms with Crippen molar-refractivity contribution in [3.63, 3.8) is 0 Å². The molecule has 0 aliphatic carbocycles. The third-order valence-corrected chi connectivity index (χ3v) is 6.77. The topological polar surface area (TPSA) is 67.8 Å². The van der Waals surface area contributed by atoms with Crippen molar-refractivity contribution < 1.29 is 14.3 Å². The van der Waals surface area contributed by atoms with Gasteiger partial charge in [0, 0.05) is 33.0 Å². The molecule has 1 unspecified atom stereocenters. The zero-order valence-corrected chi connectivity index (χ0v) is 20.4. The van der Waals surface area contributed by atoms with Gasteiger partial charge in [0.05, 0.1) is 25.4 Å². The predicted octanol–water partition coefficient (Wildman–Crippen LogP) is 4.49. The molecule has 2 aliphatic rings. The Hall–Kier alpha value is -2.38. The quantitative estimate of drug-likeness (QED) is 0.560. The lowest BCUT2D eigenvalue weighted by atomic mass is 9.96. The highest BCUT2D eigenvalue weighted by atomic mass is 35.5. The van der Waals surface area contributed by atoms with Gasteiger partial charge in [0.2, 0.25) is 5.95 Å². The van der Waals surface area contributed by atoms with Gasteiger partial charge in [0.1, 0.15) is 22.7 Å². The summed E-state index contributed by atoms with van der Waals surface area (Å²) in [4.78, 5) is 24.9. The maximum atomic E-state index is 11.4. The minimum Gasteiger partial charge on any atom is -0.489 e. The number of ether oxygens (including phenoxy) is 2. The Morgan fingerprint density at radius 2 is 2.12 bits per heavy atom. The molecule has 0 saturated carbocycles. The molecule has 2 aliphatic heterocycles. The van der Waals surface area contributed by atoms with Crippen molar-refractivity contribution in [2.45, 2.75) is 57.6 Å². The van der Waals surface area contributed by atoms with Gasteiger partial charge < -0.3 is 24.1 Å². The van der Waals surface area contributed by atoms with Crippen molar-refractivity contribution in [1.82, 2.24) is 9.97 Å². The van der Waals surface area contributed by atoms with Gasteiger partial charge in [0.25, 0.3) is 0 Å². The van der Waals surface area contributed by atoms with Gasteiger partial charge in [0.15, 0.2) is 5.82 Å². The Kier molecular flexibility index (Phi) is 7.71. The van der Waals surface area contributed by atoms with Crippen molar-refractivity contribution in [3.8, 4) is 5.75 Å². The first-order chi connectivity index (χ1) is 15.9. The number of Topliss-reactive ketones (excluding diaryl/α,β-unsaturated/α-hetero) is 1. The number of hydrogen-bond donors (Lipinski definition) is 0. The van der Waals surface area contributed by atoms with E-state index >= 15 is 0 Å². The van der Waals surface area contributed by atoms with Crippen LogP contribution in [0.25, 0.3) is 0 Å². The molecule has 7 nitrogen and oxygen atoms in total. The first-order valence-corrected chi connectivity index (χ1v) is 12.1. The molecule has 4 rings (SSSR count). The number of halogens is 1. The number of rotatable bonds is 8. The van der Waals surface area contributed by atoms with E-state index in [4.69, 9.17) is 26.1 Å². The van der Waals surface area contributed by atoms with E-state index in [2.05, 4.69) is 21.7 Å². The summed E-state index contributed by atoms with van der Waals surface area (Å²) in [5, 5.41) is 0.552. The van der Waals surface area contributed by atoms with Gasteiger partial charge in [-0.05, 0) is 43.4 Å². The van der Waals surface area contributed by atoms with E-state index < -0.39 is 0 Å². The highest BCUT2D eigenvalue weighted by molar-refractivity contribution is 6.32. The molecule has 8 heteroatoms. The lowest BCUT2D eigenvalue weighted by Crippen LogP contribution is -2.39. The summed E-state index contributed by atoms with van der Waals surface area (Å²) in [7, 11) is 2.02. The van der Waals surface area contributed by atoms with Gasteiger partial charge in [-0.1, -0.05) is 30.7 Å². The van der Waals surface area contributed by atoms with Gasteiger partial charge in [-0.15, -0.1) is 0 Å². The SMILES string of the molecule is CC(=O)C[C@@H](C)c1ccc(O[C@@H]2CCN(c3nc(N(C)C4CCCOC4)ncc3Cl)C2)cc1. The third kappa shape index (κ3) is 5.95. The maximum Gasteiger partial charge on any atom is 0.227 e. The largest absolute Gasteiger partial charge is 0.489 e. The van der Waals surface area contributed by atoms with E-state index in [1.54, 1.807) is 13.1 Å². The van der Waals surface area contributed by atoms with Crippen LogP contribution in [0.4, 0.5) is 11.8 Å². The fourth-order valence-corrected chi connectivity index (χ4v) is 4.78. The summed E-state index contributed by atoms with van der Waals surface area (Å²) in [6.45, 7) is 6.77. The van der Waals surface area contributed by atoms with Crippen molar-refractivity contribution in [3.05, 3.63) is 41.0 Å². The Balaban J connectivity index is 1.38. The normalized spacial score (nSPS) is 21.6. The van der Waals surface area contributed by atoms with Crippen LogP contribution in [0, 0.1) is 0 Å². The number of anilines is 2. The van der Waals surface area contributed by atoms with E-state index in [9.17, 15) is 4.79 Å². The molecule has 2 saturated heterocycles. The van der Waals surface area contributed by atoms with Crippen LogP contribution < -0.4 is 14.5 Å². The van der Waals surface area contributed by atoms with Gasteiger partial charge >= 0.3 is 0 Å². The van der Waals surface area contributed by atoms with Gasteiger partial charge in [-0.3, -0.25) is 0 Å². The zero-order valence-electron chi connectivity index (χ0n) is 19.7. The highest BCUT2D eigenvalue weighted by Gasteiger charge is 2.28. The molecule has 0 spiro atoms. The molecule has 2 fully saturated rings. The number of carbonyl (C=O) groups excluding carboxylic acids is 1. The number of nitrogens with zero attached hydrogens (tertiary/aromatic N) is 4. The van der Waals surface area contributed by atoms with Crippen LogP contribution >= 0.6 is 11.6 Å². The van der Waals surface area contributed by atoms with E-state index in [0.717, 1.165) is 56.1 Å². The molecular formula is C25H33ClN4O3. The first-order valence-electron chi connectivity index (χ1n) is 11.7. The van der Waals surface area contributed by atoms with Crippen molar-refractivity contribution in [2.75, 3.05) is 43.2 Å². The van der Waals surface area contributed by atoms with Crippen LogP contribution in [0.2, 0.25) is 5.02 Å². The molecule has 178 valence electrons. The van der Waals surface area contributed by atoms with Crippen LogP contribution in [0.15, 0.2) is 30.5 Å². The van der Waals surface area contributed by atoms with Crippen LogP contribution in [-0.4, -0.2) is 61.2 Å². The van der Waals surface area contributed by atoms with E-state index in [1.807, 2.05) is 31.3 Å². The zero-order chi connectivity index (χ0) is 23.4. The minimum atomic E-state index is 0.0597. The molecule has 0 radical (unpaired) electrons. The van der Waals surface area contributed by atoms with E-state index in [0.29, 0.717) is 24.0 Å². The average Bonchev–Trinajstić information content (AvgIpc) is 3.27. The van der Waals surface area contributed by atoms with Gasteiger partial charge in [-0.25, -0.2) is 4.98 Å². The number of aromatic nitrogens is 2. The molecule has 1 aromatic carbocycles. The fourth-order valence-electron chi connectivity index (χ4n) is 4.57. The Morgan fingerprint density at radius 3 is 2.82 bits per heavy atom. The summed E-state index contributed by atoms with van der Waals surface area (Å²) in [6.07, 6.45) is 5.33. The van der Waals surface area contributed by atoms with Crippen LogP contribution in [0.1, 0.15) is 51.0 Å². The van der Waals surface area contributed by atoms with Crippen LogP contribution in [-0.2, 0) is 9.53 Å². The molecule has 33 heavy (non-hydrogen) atoms. The molecule has 0 N–H and O–H groups in total.